The number of aryl methyl sites for hydroxylation is 1. The van der Waals surface area contributed by atoms with Crippen molar-refractivity contribution in [3.05, 3.63) is 108 Å². The molecule has 1 aliphatic rings. The molecule has 1 fully saturated rings. The average molecular weight is 654 g/mol. The lowest BCUT2D eigenvalue weighted by atomic mass is 9.94. The zero-order valence-electron chi connectivity index (χ0n) is 24.6. The number of alkyl halides is 3. The third kappa shape index (κ3) is 8.16. The molecule has 4 aromatic rings. The number of sulfonamides is 1. The molecule has 0 unspecified atom stereocenters. The van der Waals surface area contributed by atoms with Crippen LogP contribution in [-0.2, 0) is 10.0 Å². The first kappa shape index (κ1) is 32.4. The highest BCUT2D eigenvalue weighted by Gasteiger charge is 2.31. The summed E-state index contributed by atoms with van der Waals surface area (Å²) in [6, 6.07) is 24.2. The zero-order chi connectivity index (χ0) is 32.9. The van der Waals surface area contributed by atoms with Crippen LogP contribution in [0.5, 0.6) is 11.5 Å². The highest BCUT2D eigenvalue weighted by Crippen LogP contribution is 2.32. The first-order valence-corrected chi connectivity index (χ1v) is 15.8. The van der Waals surface area contributed by atoms with Gasteiger partial charge in [-0.05, 0) is 66.1 Å². The maximum absolute atomic E-state index is 13.4. The van der Waals surface area contributed by atoms with E-state index in [1.54, 1.807) is 67.6 Å². The molecule has 5 rings (SSSR count). The number of carbonyl (C=O) groups is 2. The van der Waals surface area contributed by atoms with Crippen LogP contribution in [-0.4, -0.2) is 50.8 Å². The van der Waals surface area contributed by atoms with Gasteiger partial charge in [0.05, 0.1) is 4.90 Å². The molecule has 0 aromatic heterocycles. The minimum Gasteiger partial charge on any atom is -0.490 e. The SMILES string of the molecule is Cc1cccc(C(=O)Nc2cccc(OC3CCN(C(=O)NS(=O)(=O)c4ccccc4)CC3)c2)c1-c1ccc(OC(F)(F)F)cc1. The zero-order valence-corrected chi connectivity index (χ0v) is 25.4. The van der Waals surface area contributed by atoms with Gasteiger partial charge in [-0.15, -0.1) is 13.2 Å². The average Bonchev–Trinajstić information content (AvgIpc) is 3.01. The fraction of sp³-hybridized carbons (Fsp3) is 0.212. The van der Waals surface area contributed by atoms with Gasteiger partial charge in [0.25, 0.3) is 15.9 Å². The molecule has 0 saturated carbocycles. The largest absolute Gasteiger partial charge is 0.573 e. The van der Waals surface area contributed by atoms with Crippen molar-refractivity contribution in [2.75, 3.05) is 18.4 Å². The fourth-order valence-electron chi connectivity index (χ4n) is 5.12. The predicted molar refractivity (Wildman–Crippen MR) is 165 cm³/mol. The number of anilines is 1. The van der Waals surface area contributed by atoms with Gasteiger partial charge in [-0.2, -0.15) is 0 Å². The van der Waals surface area contributed by atoms with Gasteiger partial charge in [0.15, 0.2) is 0 Å². The Morgan fingerprint density at radius 3 is 2.20 bits per heavy atom. The molecule has 240 valence electrons. The second kappa shape index (κ2) is 13.5. The lowest BCUT2D eigenvalue weighted by Crippen LogP contribution is -2.48. The topological polar surface area (TPSA) is 114 Å². The minimum atomic E-state index is -4.81. The van der Waals surface area contributed by atoms with Crippen LogP contribution < -0.4 is 19.5 Å². The molecule has 2 N–H and O–H groups in total. The van der Waals surface area contributed by atoms with Crippen molar-refractivity contribution in [2.45, 2.75) is 37.1 Å². The maximum Gasteiger partial charge on any atom is 0.573 e. The highest BCUT2D eigenvalue weighted by molar-refractivity contribution is 7.90. The number of carbonyl (C=O) groups excluding carboxylic acids is 2. The fourth-order valence-corrected chi connectivity index (χ4v) is 6.11. The van der Waals surface area contributed by atoms with Crippen molar-refractivity contribution < 1.29 is 40.7 Å². The van der Waals surface area contributed by atoms with Gasteiger partial charge in [-0.25, -0.2) is 17.9 Å². The van der Waals surface area contributed by atoms with Crippen molar-refractivity contribution in [1.29, 1.82) is 0 Å². The van der Waals surface area contributed by atoms with E-state index in [4.69, 9.17) is 4.74 Å². The summed E-state index contributed by atoms with van der Waals surface area (Å²) < 4.78 is 75.0. The van der Waals surface area contributed by atoms with E-state index in [2.05, 4.69) is 14.8 Å². The summed E-state index contributed by atoms with van der Waals surface area (Å²) in [6.45, 7) is 2.38. The lowest BCUT2D eigenvalue weighted by Gasteiger charge is -2.32. The molecular weight excluding hydrogens is 623 g/mol. The summed E-state index contributed by atoms with van der Waals surface area (Å²) in [4.78, 5) is 27.4. The Hall–Kier alpha value is -5.04. The number of likely N-dealkylation sites (tertiary alicyclic amines) is 1. The van der Waals surface area contributed by atoms with Gasteiger partial charge in [-0.1, -0.05) is 48.5 Å². The van der Waals surface area contributed by atoms with Crippen LogP contribution in [0.1, 0.15) is 28.8 Å². The number of hydrogen-bond donors (Lipinski definition) is 2. The Labute approximate surface area is 264 Å². The molecule has 0 atom stereocenters. The monoisotopic (exact) mass is 653 g/mol. The molecule has 4 aromatic carbocycles. The van der Waals surface area contributed by atoms with Crippen molar-refractivity contribution in [1.82, 2.24) is 9.62 Å². The van der Waals surface area contributed by atoms with E-state index < -0.39 is 28.3 Å². The molecule has 1 heterocycles. The first-order valence-electron chi connectivity index (χ1n) is 14.3. The smallest absolute Gasteiger partial charge is 0.490 e. The van der Waals surface area contributed by atoms with E-state index in [0.29, 0.717) is 41.0 Å². The number of hydrogen-bond acceptors (Lipinski definition) is 6. The summed E-state index contributed by atoms with van der Waals surface area (Å²) in [5, 5.41) is 2.86. The van der Waals surface area contributed by atoms with Gasteiger partial charge in [-0.3, -0.25) is 4.79 Å². The van der Waals surface area contributed by atoms with Crippen LogP contribution in [0.25, 0.3) is 11.1 Å². The van der Waals surface area contributed by atoms with Gasteiger partial charge in [0.2, 0.25) is 0 Å². The molecule has 1 aliphatic heterocycles. The van der Waals surface area contributed by atoms with Gasteiger partial charge in [0, 0.05) is 43.2 Å². The van der Waals surface area contributed by atoms with Crippen LogP contribution in [0.15, 0.2) is 102 Å². The number of piperidine rings is 1. The van der Waals surface area contributed by atoms with Crippen LogP contribution in [0.4, 0.5) is 23.7 Å². The first-order chi connectivity index (χ1) is 21.9. The van der Waals surface area contributed by atoms with E-state index in [0.717, 1.165) is 5.56 Å². The summed E-state index contributed by atoms with van der Waals surface area (Å²) in [6.07, 6.45) is -4.12. The normalized spacial score (nSPS) is 14.0. The quantitative estimate of drug-likeness (QED) is 0.217. The summed E-state index contributed by atoms with van der Waals surface area (Å²) in [7, 11) is -3.98. The number of urea groups is 1. The second-order valence-corrected chi connectivity index (χ2v) is 12.3. The number of nitrogens with one attached hydrogen (secondary N) is 2. The standard InChI is InChI=1S/C33H30F3N3O6S/c1-22-7-5-12-29(30(22)23-13-15-26(16-14-23)45-33(34,35)36)31(40)37-24-8-6-9-27(21-24)44-25-17-19-39(20-18-25)32(41)38-46(42,43)28-10-3-2-4-11-28/h2-16,21,25H,17-20H2,1H3,(H,37,40)(H,38,41). The van der Waals surface area contributed by atoms with Crippen LogP contribution in [0, 0.1) is 6.92 Å². The van der Waals surface area contributed by atoms with Crippen molar-refractivity contribution in [2.24, 2.45) is 0 Å². The van der Waals surface area contributed by atoms with Crippen molar-refractivity contribution >= 4 is 27.6 Å². The molecule has 0 radical (unpaired) electrons. The van der Waals surface area contributed by atoms with Gasteiger partial charge in [0.1, 0.15) is 17.6 Å². The van der Waals surface area contributed by atoms with Crippen molar-refractivity contribution in [3.8, 4) is 22.6 Å². The Morgan fingerprint density at radius 2 is 1.52 bits per heavy atom. The maximum atomic E-state index is 13.4. The van der Waals surface area contributed by atoms with Crippen LogP contribution >= 0.6 is 0 Å². The number of ether oxygens (including phenoxy) is 2. The van der Waals surface area contributed by atoms with Crippen LogP contribution in [0.2, 0.25) is 0 Å². The number of amides is 3. The predicted octanol–water partition coefficient (Wildman–Crippen LogP) is 6.75. The second-order valence-electron chi connectivity index (χ2n) is 10.6. The Bertz CT molecular complexity index is 1810. The molecule has 1 saturated heterocycles. The molecule has 13 heteroatoms. The third-order valence-electron chi connectivity index (χ3n) is 7.29. The number of rotatable bonds is 8. The molecular formula is C33H30F3N3O6S. The molecule has 0 spiro atoms. The van der Waals surface area contributed by atoms with Crippen molar-refractivity contribution in [3.63, 3.8) is 0 Å². The van der Waals surface area contributed by atoms with Crippen LogP contribution in [0.3, 0.4) is 0 Å². The third-order valence-corrected chi connectivity index (χ3v) is 8.63. The Morgan fingerprint density at radius 1 is 0.848 bits per heavy atom. The van der Waals surface area contributed by atoms with E-state index >= 15 is 0 Å². The summed E-state index contributed by atoms with van der Waals surface area (Å²) >= 11 is 0. The highest BCUT2D eigenvalue weighted by atomic mass is 32.2. The lowest BCUT2D eigenvalue weighted by molar-refractivity contribution is -0.274. The van der Waals surface area contributed by atoms with E-state index in [1.165, 1.54) is 41.3 Å². The van der Waals surface area contributed by atoms with Gasteiger partial charge >= 0.3 is 12.4 Å². The molecule has 0 aliphatic carbocycles. The van der Waals surface area contributed by atoms with Gasteiger partial charge < -0.3 is 19.7 Å². The van der Waals surface area contributed by atoms with E-state index in [9.17, 15) is 31.2 Å². The van der Waals surface area contributed by atoms with E-state index in [-0.39, 0.29) is 29.8 Å². The molecule has 46 heavy (non-hydrogen) atoms. The number of nitrogens with zero attached hydrogens (tertiary/aromatic N) is 1. The Kier molecular flexibility index (Phi) is 9.52. The number of benzene rings is 4. The number of halogens is 3. The summed E-state index contributed by atoms with van der Waals surface area (Å²) in [5.74, 6) is -0.286. The molecule has 3 amide bonds. The minimum absolute atomic E-state index is 0.000723. The Balaban J connectivity index is 1.20. The van der Waals surface area contributed by atoms with E-state index in [1.807, 2.05) is 0 Å². The molecule has 9 nitrogen and oxygen atoms in total. The summed E-state index contributed by atoms with van der Waals surface area (Å²) in [5.41, 5.74) is 2.67. The molecule has 0 bridgehead atoms.